The maximum Gasteiger partial charge on any atom is 0.110 e. The Kier molecular flexibility index (Phi) is 5.22. The largest absolute Gasteiger partial charge is 0.312 e. The molecule has 1 aromatic rings. The van der Waals surface area contributed by atoms with Crippen LogP contribution in [-0.2, 0) is 6.54 Å². The van der Waals surface area contributed by atoms with Gasteiger partial charge in [0, 0.05) is 11.4 Å². The van der Waals surface area contributed by atoms with Crippen molar-refractivity contribution in [1.29, 1.82) is 5.26 Å². The van der Waals surface area contributed by atoms with Gasteiger partial charge in [-0.15, -0.1) is 11.3 Å². The van der Waals surface area contributed by atoms with E-state index in [1.54, 1.807) is 11.3 Å². The third-order valence-electron chi connectivity index (χ3n) is 3.85. The van der Waals surface area contributed by atoms with Gasteiger partial charge in [0.25, 0.3) is 0 Å². The van der Waals surface area contributed by atoms with Crippen molar-refractivity contribution in [2.75, 3.05) is 6.54 Å². The summed E-state index contributed by atoms with van der Waals surface area (Å²) in [6.45, 7) is 4.40. The lowest BCUT2D eigenvalue weighted by molar-refractivity contribution is 0.267. The molecule has 3 heteroatoms. The fraction of sp³-hybridized carbons (Fsp3) is 0.667. The molecule has 1 aliphatic carbocycles. The minimum atomic E-state index is 0.813. The zero-order valence-electron chi connectivity index (χ0n) is 11.1. The van der Waals surface area contributed by atoms with Gasteiger partial charge in [0.15, 0.2) is 0 Å². The van der Waals surface area contributed by atoms with Crippen molar-refractivity contribution in [3.05, 3.63) is 21.9 Å². The van der Waals surface area contributed by atoms with E-state index in [4.69, 9.17) is 5.26 Å². The number of nitriles is 1. The molecule has 0 saturated heterocycles. The summed E-state index contributed by atoms with van der Waals surface area (Å²) >= 11 is 1.60. The van der Waals surface area contributed by atoms with Gasteiger partial charge in [0.05, 0.1) is 0 Å². The van der Waals surface area contributed by atoms with Crippen molar-refractivity contribution in [1.82, 2.24) is 5.32 Å². The minimum absolute atomic E-state index is 0.813. The molecule has 18 heavy (non-hydrogen) atoms. The molecule has 98 valence electrons. The summed E-state index contributed by atoms with van der Waals surface area (Å²) < 4.78 is 0. The highest BCUT2D eigenvalue weighted by Crippen LogP contribution is 2.30. The molecule has 0 amide bonds. The van der Waals surface area contributed by atoms with Gasteiger partial charge in [0.1, 0.15) is 10.9 Å². The Labute approximate surface area is 114 Å². The highest BCUT2D eigenvalue weighted by Gasteiger charge is 2.18. The Bertz CT molecular complexity index is 405. The summed E-state index contributed by atoms with van der Waals surface area (Å²) in [5, 5.41) is 12.3. The van der Waals surface area contributed by atoms with E-state index in [1.165, 1.54) is 37.0 Å². The third kappa shape index (κ3) is 4.12. The van der Waals surface area contributed by atoms with Crippen LogP contribution in [-0.4, -0.2) is 6.54 Å². The molecule has 2 rings (SSSR count). The molecule has 0 radical (unpaired) electrons. The Hall–Kier alpha value is -0.850. The van der Waals surface area contributed by atoms with Crippen LogP contribution in [0.1, 0.15) is 48.8 Å². The quantitative estimate of drug-likeness (QED) is 0.816. The van der Waals surface area contributed by atoms with Crippen LogP contribution in [0, 0.1) is 23.2 Å². The highest BCUT2D eigenvalue weighted by atomic mass is 32.1. The van der Waals surface area contributed by atoms with E-state index < -0.39 is 0 Å². The Morgan fingerprint density at radius 1 is 1.44 bits per heavy atom. The van der Waals surface area contributed by atoms with Gasteiger partial charge in [-0.2, -0.15) is 5.26 Å². The van der Waals surface area contributed by atoms with E-state index in [-0.39, 0.29) is 0 Å². The van der Waals surface area contributed by atoms with Crippen LogP contribution in [0.25, 0.3) is 0 Å². The van der Waals surface area contributed by atoms with Crippen molar-refractivity contribution < 1.29 is 0 Å². The van der Waals surface area contributed by atoms with Crippen LogP contribution in [0.2, 0.25) is 0 Å². The first-order chi connectivity index (χ1) is 8.78. The van der Waals surface area contributed by atoms with Crippen LogP contribution in [0.4, 0.5) is 0 Å². The van der Waals surface area contributed by atoms with E-state index in [9.17, 15) is 0 Å². The molecule has 1 heterocycles. The Morgan fingerprint density at radius 2 is 2.33 bits per heavy atom. The van der Waals surface area contributed by atoms with Gasteiger partial charge in [0.2, 0.25) is 0 Å². The lowest BCUT2D eigenvalue weighted by atomic mass is 9.81. The molecule has 2 nitrogen and oxygen atoms in total. The number of nitrogens with one attached hydrogen (secondary N) is 1. The fourth-order valence-corrected chi connectivity index (χ4v) is 3.65. The van der Waals surface area contributed by atoms with Gasteiger partial charge in [-0.25, -0.2) is 0 Å². The first kappa shape index (κ1) is 13.6. The number of thiophene rings is 1. The predicted octanol–water partition coefficient (Wildman–Crippen LogP) is 3.93. The van der Waals surface area contributed by atoms with E-state index in [0.717, 1.165) is 29.8 Å². The lowest BCUT2D eigenvalue weighted by Gasteiger charge is -2.26. The second-order valence-electron chi connectivity index (χ2n) is 5.48. The zero-order chi connectivity index (χ0) is 12.8. The first-order valence-corrected chi connectivity index (χ1v) is 7.79. The molecule has 1 fully saturated rings. The van der Waals surface area contributed by atoms with Crippen molar-refractivity contribution in [3.8, 4) is 6.07 Å². The molecule has 1 saturated carbocycles. The van der Waals surface area contributed by atoms with Gasteiger partial charge in [-0.05, 0) is 43.4 Å². The van der Waals surface area contributed by atoms with Crippen LogP contribution in [0.15, 0.2) is 12.1 Å². The number of rotatable bonds is 5. The summed E-state index contributed by atoms with van der Waals surface area (Å²) in [6.07, 6.45) is 6.99. The van der Waals surface area contributed by atoms with Crippen molar-refractivity contribution in [2.24, 2.45) is 11.8 Å². The molecule has 0 aliphatic heterocycles. The van der Waals surface area contributed by atoms with Crippen LogP contribution in [0.5, 0.6) is 0 Å². The smallest absolute Gasteiger partial charge is 0.110 e. The van der Waals surface area contributed by atoms with Crippen molar-refractivity contribution in [2.45, 2.75) is 45.6 Å². The van der Waals surface area contributed by atoms with Crippen LogP contribution >= 0.6 is 11.3 Å². The van der Waals surface area contributed by atoms with E-state index in [1.807, 2.05) is 6.07 Å². The standard InChI is InChI=1S/C15H22N2S/c1-12-3-2-4-13(9-12)7-8-17-11-15-6-5-14(10-16)18-15/h5-6,12-13,17H,2-4,7-9,11H2,1H3. The molecule has 2 atom stereocenters. The summed E-state index contributed by atoms with van der Waals surface area (Å²) in [5.74, 6) is 1.86. The molecular weight excluding hydrogens is 240 g/mol. The Morgan fingerprint density at radius 3 is 3.06 bits per heavy atom. The monoisotopic (exact) mass is 262 g/mol. The topological polar surface area (TPSA) is 35.8 Å². The third-order valence-corrected chi connectivity index (χ3v) is 4.84. The summed E-state index contributed by atoms with van der Waals surface area (Å²) in [6, 6.07) is 6.15. The van der Waals surface area contributed by atoms with E-state index in [2.05, 4.69) is 24.4 Å². The maximum atomic E-state index is 8.76. The molecule has 0 spiro atoms. The molecule has 2 unspecified atom stereocenters. The first-order valence-electron chi connectivity index (χ1n) is 6.97. The summed E-state index contributed by atoms with van der Waals surface area (Å²) in [7, 11) is 0. The van der Waals surface area contributed by atoms with Crippen LogP contribution < -0.4 is 5.32 Å². The molecule has 0 bridgehead atoms. The van der Waals surface area contributed by atoms with Crippen molar-refractivity contribution >= 4 is 11.3 Å². The van der Waals surface area contributed by atoms with Gasteiger partial charge in [-0.1, -0.05) is 26.2 Å². The highest BCUT2D eigenvalue weighted by molar-refractivity contribution is 7.12. The molecule has 1 N–H and O–H groups in total. The molecule has 1 aliphatic rings. The normalized spacial score (nSPS) is 23.8. The second-order valence-corrected chi connectivity index (χ2v) is 6.65. The average molecular weight is 262 g/mol. The summed E-state index contributed by atoms with van der Waals surface area (Å²) in [4.78, 5) is 2.08. The van der Waals surface area contributed by atoms with Gasteiger partial charge >= 0.3 is 0 Å². The van der Waals surface area contributed by atoms with Gasteiger partial charge in [-0.3, -0.25) is 0 Å². The zero-order valence-corrected chi connectivity index (χ0v) is 11.9. The number of hydrogen-bond acceptors (Lipinski definition) is 3. The lowest BCUT2D eigenvalue weighted by Crippen LogP contribution is -2.20. The van der Waals surface area contributed by atoms with Crippen molar-refractivity contribution in [3.63, 3.8) is 0 Å². The van der Waals surface area contributed by atoms with Crippen LogP contribution in [0.3, 0.4) is 0 Å². The molecule has 0 aromatic carbocycles. The minimum Gasteiger partial charge on any atom is -0.312 e. The number of nitrogens with zero attached hydrogens (tertiary/aromatic N) is 1. The Balaban J connectivity index is 1.62. The van der Waals surface area contributed by atoms with Gasteiger partial charge < -0.3 is 5.32 Å². The second kappa shape index (κ2) is 6.92. The SMILES string of the molecule is CC1CCCC(CCNCc2ccc(C#N)s2)C1. The van der Waals surface area contributed by atoms with E-state index in [0.29, 0.717) is 0 Å². The predicted molar refractivity (Wildman–Crippen MR) is 76.5 cm³/mol. The summed E-state index contributed by atoms with van der Waals surface area (Å²) in [5.41, 5.74) is 0. The maximum absolute atomic E-state index is 8.76. The van der Waals surface area contributed by atoms with E-state index >= 15 is 0 Å². The molecule has 1 aromatic heterocycles. The fourth-order valence-electron chi connectivity index (χ4n) is 2.87. The molecular formula is C15H22N2S. The average Bonchev–Trinajstić information content (AvgIpc) is 2.83. The number of hydrogen-bond donors (Lipinski definition) is 1.